The fourth-order valence-corrected chi connectivity index (χ4v) is 5.55. The van der Waals surface area contributed by atoms with Crippen molar-refractivity contribution in [2.45, 2.75) is 12.3 Å². The number of carbonyl (C=O) groups excluding carboxylic acids is 1. The predicted octanol–water partition coefficient (Wildman–Crippen LogP) is 4.06. The van der Waals surface area contributed by atoms with E-state index in [1.165, 1.54) is 11.1 Å². The number of nitrogens with zero attached hydrogens (tertiary/aromatic N) is 6. The molecule has 0 saturated carbocycles. The summed E-state index contributed by atoms with van der Waals surface area (Å²) in [5.74, 6) is 0.706. The van der Waals surface area contributed by atoms with E-state index in [2.05, 4.69) is 44.3 Å². The number of hydrogen-bond donors (Lipinski definition) is 1. The lowest BCUT2D eigenvalue weighted by atomic mass is 10.1. The van der Waals surface area contributed by atoms with Crippen LogP contribution in [0, 0.1) is 0 Å². The second kappa shape index (κ2) is 9.08. The van der Waals surface area contributed by atoms with Crippen molar-refractivity contribution in [3.63, 3.8) is 0 Å². The van der Waals surface area contributed by atoms with Crippen molar-refractivity contribution in [1.82, 2.24) is 14.9 Å². The van der Waals surface area contributed by atoms with Gasteiger partial charge in [0.15, 0.2) is 0 Å². The maximum absolute atomic E-state index is 13.3. The van der Waals surface area contributed by atoms with Crippen LogP contribution >= 0.6 is 23.2 Å². The van der Waals surface area contributed by atoms with E-state index >= 15 is 0 Å². The maximum Gasteiger partial charge on any atom is 0.265 e. The third-order valence-corrected chi connectivity index (χ3v) is 7.58. The number of aromatic nitrogens is 2. The largest absolute Gasteiger partial charge is 0.366 e. The molecule has 11 heteroatoms. The number of para-hydroxylation sites is 1. The quantitative estimate of drug-likeness (QED) is 0.546. The summed E-state index contributed by atoms with van der Waals surface area (Å²) in [5.41, 5.74) is 2.88. The molecule has 2 aromatic carbocycles. The molecule has 0 radical (unpaired) electrons. The van der Waals surface area contributed by atoms with E-state index in [4.69, 9.17) is 27.9 Å². The van der Waals surface area contributed by atoms with Crippen LogP contribution in [0.25, 0.3) is 0 Å². The van der Waals surface area contributed by atoms with Crippen molar-refractivity contribution in [3.8, 4) is 0 Å². The van der Waals surface area contributed by atoms with Gasteiger partial charge in [0, 0.05) is 31.2 Å². The number of hydrogen-bond acceptors (Lipinski definition) is 8. The summed E-state index contributed by atoms with van der Waals surface area (Å²) >= 11 is 12.7. The van der Waals surface area contributed by atoms with E-state index in [0.717, 1.165) is 31.1 Å². The molecule has 1 N–H and O–H groups in total. The molecular weight excluding hydrogens is 501 g/mol. The lowest BCUT2D eigenvalue weighted by molar-refractivity contribution is 0.0440. The van der Waals surface area contributed by atoms with Gasteiger partial charge in [-0.3, -0.25) is 14.6 Å². The lowest BCUT2D eigenvalue weighted by Crippen LogP contribution is -2.52. The fourth-order valence-electron chi connectivity index (χ4n) is 4.95. The first-order valence-corrected chi connectivity index (χ1v) is 12.4. The Hall–Kier alpha value is -3.11. The van der Waals surface area contributed by atoms with Gasteiger partial charge in [-0.2, -0.15) is 4.98 Å². The van der Waals surface area contributed by atoms with Gasteiger partial charge in [0.05, 0.1) is 41.6 Å². The van der Waals surface area contributed by atoms with Crippen molar-refractivity contribution in [2.75, 3.05) is 60.5 Å². The summed E-state index contributed by atoms with van der Waals surface area (Å²) in [4.78, 5) is 30.4. The molecule has 6 rings (SSSR count). The average Bonchev–Trinajstić information content (AvgIpc) is 3.07. The minimum atomic E-state index is -0.251. The van der Waals surface area contributed by atoms with Gasteiger partial charge in [0.25, 0.3) is 5.91 Å². The van der Waals surface area contributed by atoms with Gasteiger partial charge in [0.1, 0.15) is 17.6 Å². The molecule has 2 unspecified atom stereocenters. The molecule has 4 heterocycles. The molecule has 2 bridgehead atoms. The van der Waals surface area contributed by atoms with E-state index < -0.39 is 0 Å². The molecule has 9 nitrogen and oxygen atoms in total. The number of rotatable bonds is 4. The van der Waals surface area contributed by atoms with Crippen LogP contribution in [0.4, 0.5) is 28.8 Å². The average molecular weight is 526 g/mol. The number of amides is 1. The van der Waals surface area contributed by atoms with Crippen molar-refractivity contribution in [1.29, 1.82) is 0 Å². The van der Waals surface area contributed by atoms with Gasteiger partial charge in [-0.05, 0) is 43.4 Å². The summed E-state index contributed by atoms with van der Waals surface area (Å²) in [7, 11) is 3.99. The molecule has 3 aliphatic heterocycles. The molecule has 2 fully saturated rings. The first-order valence-electron chi connectivity index (χ1n) is 11.7. The van der Waals surface area contributed by atoms with Gasteiger partial charge in [-0.15, -0.1) is 0 Å². The predicted molar refractivity (Wildman–Crippen MR) is 142 cm³/mol. The summed E-state index contributed by atoms with van der Waals surface area (Å²) < 4.78 is 5.86. The van der Waals surface area contributed by atoms with Crippen molar-refractivity contribution in [2.24, 2.45) is 0 Å². The van der Waals surface area contributed by atoms with Gasteiger partial charge >= 0.3 is 0 Å². The normalized spacial score (nSPS) is 21.7. The van der Waals surface area contributed by atoms with Crippen LogP contribution < -0.4 is 20.0 Å². The number of carbonyl (C=O) groups is 1. The Bertz CT molecular complexity index is 1290. The fraction of sp³-hybridized carbons (Fsp3) is 0.320. The highest BCUT2D eigenvalue weighted by Crippen LogP contribution is 2.37. The Kier molecular flexibility index (Phi) is 5.88. The molecule has 3 aromatic rings. The maximum atomic E-state index is 13.3. The van der Waals surface area contributed by atoms with E-state index in [9.17, 15) is 4.79 Å². The zero-order valence-electron chi connectivity index (χ0n) is 19.9. The molecule has 3 aliphatic rings. The highest BCUT2D eigenvalue weighted by atomic mass is 35.5. The van der Waals surface area contributed by atoms with Gasteiger partial charge < -0.3 is 19.9 Å². The van der Waals surface area contributed by atoms with Crippen LogP contribution in [0.15, 0.2) is 48.7 Å². The van der Waals surface area contributed by atoms with Crippen molar-refractivity contribution in [3.05, 3.63) is 64.3 Å². The Labute approximate surface area is 219 Å². The minimum Gasteiger partial charge on any atom is -0.366 e. The summed E-state index contributed by atoms with van der Waals surface area (Å²) in [5, 5.41) is 4.07. The molecular formula is C25H25Cl2N7O2. The highest BCUT2D eigenvalue weighted by Gasteiger charge is 2.38. The first kappa shape index (κ1) is 23.3. The number of benzene rings is 2. The first-order chi connectivity index (χ1) is 17.4. The van der Waals surface area contributed by atoms with E-state index in [1.54, 1.807) is 18.2 Å². The second-order valence-electron chi connectivity index (χ2n) is 9.26. The molecule has 0 aliphatic carbocycles. The zero-order valence-corrected chi connectivity index (χ0v) is 21.4. The van der Waals surface area contributed by atoms with Crippen molar-refractivity contribution >= 4 is 57.9 Å². The summed E-state index contributed by atoms with van der Waals surface area (Å²) in [6.45, 7) is 2.85. The second-order valence-corrected chi connectivity index (χ2v) is 10.1. The number of anilines is 5. The molecule has 2 saturated heterocycles. The van der Waals surface area contributed by atoms with E-state index in [1.807, 2.05) is 24.1 Å². The van der Waals surface area contributed by atoms with Crippen LogP contribution in [0.3, 0.4) is 0 Å². The number of nitrogens with one attached hydrogen (secondary N) is 1. The smallest absolute Gasteiger partial charge is 0.265 e. The third kappa shape index (κ3) is 4.02. The van der Waals surface area contributed by atoms with Crippen LogP contribution in [0.1, 0.15) is 10.4 Å². The summed E-state index contributed by atoms with van der Waals surface area (Å²) in [6, 6.07) is 13.8. The minimum absolute atomic E-state index is 0.148. The Balaban J connectivity index is 1.19. The lowest BCUT2D eigenvalue weighted by Gasteiger charge is -2.38. The SMILES string of the molecule is CN1CN(c2c(Cl)cccc2Cl)C(=O)c2cnc(Nc3ccc(N4CC5COC(C4)N5C)cc3)nc21. The van der Waals surface area contributed by atoms with Gasteiger partial charge in [-0.1, -0.05) is 29.3 Å². The van der Waals surface area contributed by atoms with Gasteiger partial charge in [0.2, 0.25) is 5.95 Å². The monoisotopic (exact) mass is 525 g/mol. The van der Waals surface area contributed by atoms with Crippen molar-refractivity contribution < 1.29 is 9.53 Å². The molecule has 2 atom stereocenters. The van der Waals surface area contributed by atoms with Crippen LogP contribution in [0.2, 0.25) is 10.0 Å². The topological polar surface area (TPSA) is 77.1 Å². The number of fused-ring (bicyclic) bond motifs is 3. The Morgan fingerprint density at radius 1 is 1.06 bits per heavy atom. The standard InChI is InChI=1S/C25H25Cl2N7O2/c1-31-14-34(22-19(26)4-3-5-20(22)27)24(35)18-10-28-25(30-23(18)31)29-15-6-8-16(9-7-15)33-11-17-13-36-21(12-33)32(17)2/h3-10,17,21H,11-14H2,1-2H3,(H,28,29,30). The molecule has 0 spiro atoms. The zero-order chi connectivity index (χ0) is 25.0. The van der Waals surface area contributed by atoms with E-state index in [-0.39, 0.29) is 18.8 Å². The van der Waals surface area contributed by atoms with Crippen LogP contribution in [0.5, 0.6) is 0 Å². The summed E-state index contributed by atoms with van der Waals surface area (Å²) in [6.07, 6.45) is 1.68. The Morgan fingerprint density at radius 2 is 1.81 bits per heavy atom. The van der Waals surface area contributed by atoms with E-state index in [0.29, 0.717) is 39.1 Å². The van der Waals surface area contributed by atoms with Crippen LogP contribution in [-0.2, 0) is 4.74 Å². The molecule has 36 heavy (non-hydrogen) atoms. The number of ether oxygens (including phenoxy) is 1. The number of likely N-dealkylation sites (N-methyl/N-ethyl adjacent to an activating group) is 1. The Morgan fingerprint density at radius 3 is 2.53 bits per heavy atom. The number of piperazine rings is 1. The number of halogens is 2. The molecule has 1 amide bonds. The van der Waals surface area contributed by atoms with Gasteiger partial charge in [-0.25, -0.2) is 4.98 Å². The molecule has 1 aromatic heterocycles. The van der Waals surface area contributed by atoms with Crippen LogP contribution in [-0.4, -0.2) is 73.5 Å². The highest BCUT2D eigenvalue weighted by molar-refractivity contribution is 6.40. The third-order valence-electron chi connectivity index (χ3n) is 6.97. The molecule has 186 valence electrons.